The van der Waals surface area contributed by atoms with Gasteiger partial charge in [0, 0.05) is 30.3 Å². The van der Waals surface area contributed by atoms with Gasteiger partial charge in [0.25, 0.3) is 0 Å². The SMILES string of the molecule is COc1ccc(CNc2ccnc(C3CC3)n2)c(OC)c1. The highest BCUT2D eigenvalue weighted by atomic mass is 16.5. The van der Waals surface area contributed by atoms with E-state index in [0.29, 0.717) is 12.5 Å². The van der Waals surface area contributed by atoms with Crippen LogP contribution in [0.25, 0.3) is 0 Å². The number of nitrogens with zero attached hydrogens (tertiary/aromatic N) is 2. The predicted octanol–water partition coefficient (Wildman–Crippen LogP) is 2.98. The third kappa shape index (κ3) is 3.24. The van der Waals surface area contributed by atoms with Crippen LogP contribution in [0.15, 0.2) is 30.5 Å². The minimum atomic E-state index is 0.558. The van der Waals surface area contributed by atoms with E-state index in [2.05, 4.69) is 15.3 Å². The van der Waals surface area contributed by atoms with Gasteiger partial charge in [-0.2, -0.15) is 0 Å². The van der Waals surface area contributed by atoms with Crippen molar-refractivity contribution in [3.05, 3.63) is 41.9 Å². The topological polar surface area (TPSA) is 56.3 Å². The van der Waals surface area contributed by atoms with Crippen molar-refractivity contribution >= 4 is 5.82 Å². The molecule has 0 atom stereocenters. The minimum absolute atomic E-state index is 0.558. The first-order valence-electron chi connectivity index (χ1n) is 7.08. The molecule has 5 nitrogen and oxygen atoms in total. The number of nitrogens with one attached hydrogen (secondary N) is 1. The maximum Gasteiger partial charge on any atom is 0.133 e. The van der Waals surface area contributed by atoms with Crippen molar-refractivity contribution in [1.82, 2.24) is 9.97 Å². The molecule has 0 amide bonds. The molecule has 0 spiro atoms. The Hall–Kier alpha value is -2.30. The predicted molar refractivity (Wildman–Crippen MR) is 80.9 cm³/mol. The molecule has 1 aliphatic rings. The van der Waals surface area contributed by atoms with E-state index >= 15 is 0 Å². The van der Waals surface area contributed by atoms with Gasteiger partial charge >= 0.3 is 0 Å². The van der Waals surface area contributed by atoms with E-state index in [1.54, 1.807) is 14.2 Å². The number of methoxy groups -OCH3 is 2. The second kappa shape index (κ2) is 5.99. The minimum Gasteiger partial charge on any atom is -0.497 e. The number of anilines is 1. The molecule has 21 heavy (non-hydrogen) atoms. The van der Waals surface area contributed by atoms with E-state index in [-0.39, 0.29) is 0 Å². The summed E-state index contributed by atoms with van der Waals surface area (Å²) in [6, 6.07) is 7.69. The van der Waals surface area contributed by atoms with Crippen LogP contribution in [0.4, 0.5) is 5.82 Å². The molecule has 1 aliphatic carbocycles. The van der Waals surface area contributed by atoms with Gasteiger partial charge in [-0.15, -0.1) is 0 Å². The van der Waals surface area contributed by atoms with Gasteiger partial charge in [-0.3, -0.25) is 0 Å². The van der Waals surface area contributed by atoms with Gasteiger partial charge in [0.2, 0.25) is 0 Å². The van der Waals surface area contributed by atoms with Crippen LogP contribution in [0.1, 0.15) is 30.1 Å². The van der Waals surface area contributed by atoms with Crippen molar-refractivity contribution in [3.63, 3.8) is 0 Å². The molecule has 0 radical (unpaired) electrons. The van der Waals surface area contributed by atoms with E-state index in [4.69, 9.17) is 9.47 Å². The van der Waals surface area contributed by atoms with Crippen molar-refractivity contribution < 1.29 is 9.47 Å². The molecule has 0 bridgehead atoms. The molecule has 1 saturated carbocycles. The Labute approximate surface area is 124 Å². The quantitative estimate of drug-likeness (QED) is 0.884. The Kier molecular flexibility index (Phi) is 3.90. The fraction of sp³-hybridized carbons (Fsp3) is 0.375. The molecule has 1 heterocycles. The summed E-state index contributed by atoms with van der Waals surface area (Å²) in [6.45, 7) is 0.647. The van der Waals surface area contributed by atoms with Gasteiger partial charge in [-0.25, -0.2) is 9.97 Å². The van der Waals surface area contributed by atoms with Crippen molar-refractivity contribution in [1.29, 1.82) is 0 Å². The molecule has 5 heteroatoms. The standard InChI is InChI=1S/C16H19N3O2/c1-20-13-6-5-12(14(9-13)21-2)10-18-15-7-8-17-16(19-15)11-3-4-11/h5-9,11H,3-4,10H2,1-2H3,(H,17,18,19). The monoisotopic (exact) mass is 285 g/mol. The Morgan fingerprint density at radius 3 is 2.76 bits per heavy atom. The van der Waals surface area contributed by atoms with Crippen LogP contribution in [0, 0.1) is 0 Å². The van der Waals surface area contributed by atoms with Gasteiger partial charge in [0.05, 0.1) is 14.2 Å². The maximum atomic E-state index is 5.40. The Morgan fingerprint density at radius 2 is 2.05 bits per heavy atom. The molecule has 1 N–H and O–H groups in total. The van der Waals surface area contributed by atoms with Gasteiger partial charge in [0.1, 0.15) is 23.1 Å². The first kappa shape index (κ1) is 13.7. The zero-order chi connectivity index (χ0) is 14.7. The summed E-state index contributed by atoms with van der Waals surface area (Å²) < 4.78 is 10.6. The summed E-state index contributed by atoms with van der Waals surface area (Å²) in [7, 11) is 3.31. The number of ether oxygens (including phenoxy) is 2. The van der Waals surface area contributed by atoms with Gasteiger partial charge < -0.3 is 14.8 Å². The van der Waals surface area contributed by atoms with E-state index in [9.17, 15) is 0 Å². The summed E-state index contributed by atoms with van der Waals surface area (Å²) >= 11 is 0. The fourth-order valence-corrected chi connectivity index (χ4v) is 2.19. The molecule has 3 rings (SSSR count). The lowest BCUT2D eigenvalue weighted by Crippen LogP contribution is -2.05. The number of benzene rings is 1. The molecular weight excluding hydrogens is 266 g/mol. The average Bonchev–Trinajstić information content (AvgIpc) is 3.38. The Balaban J connectivity index is 1.70. The Morgan fingerprint density at radius 1 is 1.19 bits per heavy atom. The summed E-state index contributed by atoms with van der Waals surface area (Å²) in [5, 5.41) is 3.32. The number of hydrogen-bond donors (Lipinski definition) is 1. The summed E-state index contributed by atoms with van der Waals surface area (Å²) in [6.07, 6.45) is 4.22. The highest BCUT2D eigenvalue weighted by Gasteiger charge is 2.26. The molecule has 0 saturated heterocycles. The van der Waals surface area contributed by atoms with E-state index in [1.807, 2.05) is 30.5 Å². The van der Waals surface area contributed by atoms with Crippen molar-refractivity contribution in [2.75, 3.05) is 19.5 Å². The fourth-order valence-electron chi connectivity index (χ4n) is 2.19. The van der Waals surface area contributed by atoms with Crippen molar-refractivity contribution in [2.45, 2.75) is 25.3 Å². The maximum absolute atomic E-state index is 5.40. The summed E-state index contributed by atoms with van der Waals surface area (Å²) in [4.78, 5) is 8.87. The molecule has 110 valence electrons. The molecule has 0 aliphatic heterocycles. The average molecular weight is 285 g/mol. The third-order valence-electron chi connectivity index (χ3n) is 3.57. The first-order valence-corrected chi connectivity index (χ1v) is 7.08. The largest absolute Gasteiger partial charge is 0.497 e. The zero-order valence-electron chi connectivity index (χ0n) is 12.3. The number of aromatic nitrogens is 2. The Bertz CT molecular complexity index is 627. The van der Waals surface area contributed by atoms with E-state index in [0.717, 1.165) is 28.7 Å². The van der Waals surface area contributed by atoms with Crippen LogP contribution in [-0.2, 0) is 6.54 Å². The third-order valence-corrected chi connectivity index (χ3v) is 3.57. The summed E-state index contributed by atoms with van der Waals surface area (Å²) in [5.41, 5.74) is 1.06. The molecule has 1 aromatic carbocycles. The first-order chi connectivity index (χ1) is 10.3. The summed E-state index contributed by atoms with van der Waals surface area (Å²) in [5.74, 6) is 3.95. The molecule has 2 aromatic rings. The lowest BCUT2D eigenvalue weighted by Gasteiger charge is -2.12. The van der Waals surface area contributed by atoms with E-state index < -0.39 is 0 Å². The second-order valence-corrected chi connectivity index (χ2v) is 5.11. The van der Waals surface area contributed by atoms with Crippen molar-refractivity contribution in [3.8, 4) is 11.5 Å². The lowest BCUT2D eigenvalue weighted by molar-refractivity contribution is 0.391. The van der Waals surface area contributed by atoms with Crippen LogP contribution >= 0.6 is 0 Å². The van der Waals surface area contributed by atoms with Crippen LogP contribution in [0.3, 0.4) is 0 Å². The van der Waals surface area contributed by atoms with E-state index in [1.165, 1.54) is 12.8 Å². The highest BCUT2D eigenvalue weighted by Crippen LogP contribution is 2.38. The molecular formula is C16H19N3O2. The zero-order valence-corrected chi connectivity index (χ0v) is 12.3. The lowest BCUT2D eigenvalue weighted by atomic mass is 10.2. The van der Waals surface area contributed by atoms with Gasteiger partial charge in [0.15, 0.2) is 0 Å². The molecule has 1 fully saturated rings. The van der Waals surface area contributed by atoms with Crippen LogP contribution in [0.5, 0.6) is 11.5 Å². The number of rotatable bonds is 6. The van der Waals surface area contributed by atoms with Crippen molar-refractivity contribution in [2.24, 2.45) is 0 Å². The van der Waals surface area contributed by atoms with Crippen LogP contribution in [-0.4, -0.2) is 24.2 Å². The smallest absolute Gasteiger partial charge is 0.133 e. The van der Waals surface area contributed by atoms with Crippen LogP contribution in [0.2, 0.25) is 0 Å². The molecule has 1 aromatic heterocycles. The van der Waals surface area contributed by atoms with Gasteiger partial charge in [-0.05, 0) is 31.0 Å². The second-order valence-electron chi connectivity index (χ2n) is 5.11. The molecule has 0 unspecified atom stereocenters. The van der Waals surface area contributed by atoms with Crippen LogP contribution < -0.4 is 14.8 Å². The number of hydrogen-bond acceptors (Lipinski definition) is 5. The van der Waals surface area contributed by atoms with Gasteiger partial charge in [-0.1, -0.05) is 0 Å². The normalized spacial score (nSPS) is 13.8. The highest BCUT2D eigenvalue weighted by molar-refractivity contribution is 5.43.